The van der Waals surface area contributed by atoms with E-state index in [1.807, 2.05) is 0 Å². The maximum absolute atomic E-state index is 13.8. The summed E-state index contributed by atoms with van der Waals surface area (Å²) in [4.78, 5) is 20.8. The van der Waals surface area contributed by atoms with Gasteiger partial charge in [0, 0.05) is 27.3 Å². The summed E-state index contributed by atoms with van der Waals surface area (Å²) in [6, 6.07) is 9.93. The highest BCUT2D eigenvalue weighted by Gasteiger charge is 2.33. The lowest BCUT2D eigenvalue weighted by atomic mass is 10.0. The summed E-state index contributed by atoms with van der Waals surface area (Å²) in [7, 11) is -4.14. The van der Waals surface area contributed by atoms with Gasteiger partial charge >= 0.3 is 24.3 Å². The van der Waals surface area contributed by atoms with Crippen molar-refractivity contribution in [3.63, 3.8) is 0 Å². The number of hydrogen-bond acceptors (Lipinski definition) is 6. The van der Waals surface area contributed by atoms with Gasteiger partial charge in [-0.05, 0) is 72.8 Å². The molecule has 0 amide bonds. The molecule has 49 heavy (non-hydrogen) atoms. The number of carboxylic acids is 2. The molecule has 4 rings (SSSR count). The van der Waals surface area contributed by atoms with Gasteiger partial charge in [-0.15, -0.1) is 0 Å². The molecule has 9 nitrogen and oxygen atoms in total. The van der Waals surface area contributed by atoms with Crippen LogP contribution in [0, 0.1) is 11.6 Å². The lowest BCUT2D eigenvalue weighted by molar-refractivity contribution is -0.140. The van der Waals surface area contributed by atoms with E-state index in [0.29, 0.717) is 30.3 Å². The van der Waals surface area contributed by atoms with E-state index >= 15 is 0 Å². The van der Waals surface area contributed by atoms with Crippen LogP contribution in [0.25, 0.3) is 22.3 Å². The third kappa shape index (κ3) is 10.5. The van der Waals surface area contributed by atoms with Gasteiger partial charge in [-0.2, -0.15) is 26.3 Å². The van der Waals surface area contributed by atoms with Crippen LogP contribution in [-0.4, -0.2) is 43.8 Å². The number of sulfonamides is 1. The molecule has 0 aromatic heterocycles. The summed E-state index contributed by atoms with van der Waals surface area (Å²) in [5, 5.41) is 22.2. The Morgan fingerprint density at radius 2 is 1.14 bits per heavy atom. The molecule has 0 saturated heterocycles. The second-order valence-corrected chi connectivity index (χ2v) is 11.6. The highest BCUT2D eigenvalue weighted by Crippen LogP contribution is 2.41. The lowest BCUT2D eigenvalue weighted by Crippen LogP contribution is -2.13. The van der Waals surface area contributed by atoms with E-state index in [2.05, 4.69) is 0 Å². The molecule has 0 heterocycles. The Kier molecular flexibility index (Phi) is 11.9. The predicted molar refractivity (Wildman–Crippen MR) is 156 cm³/mol. The van der Waals surface area contributed by atoms with E-state index in [9.17, 15) is 53.1 Å². The molecule has 0 aliphatic heterocycles. The molecule has 4 aromatic carbocycles. The van der Waals surface area contributed by atoms with Crippen LogP contribution in [0.2, 0.25) is 5.02 Å². The summed E-state index contributed by atoms with van der Waals surface area (Å²) < 4.78 is 137. The third-order valence-corrected chi connectivity index (χ3v) is 7.33. The number of carbonyl (C=O) groups is 2. The fourth-order valence-corrected chi connectivity index (χ4v) is 4.72. The molecule has 0 aliphatic rings. The van der Waals surface area contributed by atoms with Crippen LogP contribution in [0.3, 0.4) is 0 Å². The molecule has 0 bridgehead atoms. The van der Waals surface area contributed by atoms with Crippen LogP contribution in [0.1, 0.15) is 11.1 Å². The van der Waals surface area contributed by atoms with Crippen LogP contribution in [0.5, 0.6) is 11.5 Å². The van der Waals surface area contributed by atoms with Crippen molar-refractivity contribution in [1.82, 2.24) is 0 Å². The summed E-state index contributed by atoms with van der Waals surface area (Å²) >= 11 is 5.99. The van der Waals surface area contributed by atoms with E-state index in [4.69, 9.17) is 36.4 Å². The molecule has 4 N–H and O–H groups in total. The maximum Gasteiger partial charge on any atom is 0.416 e. The average molecular weight is 742 g/mol. The smallest absolute Gasteiger partial charge is 0.416 e. The van der Waals surface area contributed by atoms with Crippen LogP contribution in [-0.2, 0) is 32.0 Å². The summed E-state index contributed by atoms with van der Waals surface area (Å²) in [6.07, 6.45) is -9.39. The zero-order valence-electron chi connectivity index (χ0n) is 24.1. The van der Waals surface area contributed by atoms with Crippen LogP contribution in [0.4, 0.5) is 35.1 Å². The van der Waals surface area contributed by atoms with Crippen molar-refractivity contribution in [3.05, 3.63) is 101 Å². The van der Waals surface area contributed by atoms with Gasteiger partial charge in [-0.3, -0.25) is 0 Å². The summed E-state index contributed by atoms with van der Waals surface area (Å²) in [5.41, 5.74) is -3.33. The van der Waals surface area contributed by atoms with Crippen molar-refractivity contribution in [1.29, 1.82) is 0 Å². The Morgan fingerprint density at radius 1 is 0.673 bits per heavy atom. The number of benzene rings is 4. The molecule has 0 saturated carbocycles. The van der Waals surface area contributed by atoms with Gasteiger partial charge < -0.3 is 19.7 Å². The topological polar surface area (TPSA) is 153 Å². The molecule has 0 unspecified atom stereocenters. The van der Waals surface area contributed by atoms with E-state index < -0.39 is 81.4 Å². The number of aliphatic carboxylic acids is 2. The number of ether oxygens (including phenoxy) is 2. The Balaban J connectivity index is 0.000000267. The zero-order chi connectivity index (χ0) is 36.9. The van der Waals surface area contributed by atoms with Crippen molar-refractivity contribution in [2.24, 2.45) is 5.14 Å². The largest absolute Gasteiger partial charge is 0.481 e. The second-order valence-electron chi connectivity index (χ2n) is 9.59. The number of halogens is 9. The summed E-state index contributed by atoms with van der Waals surface area (Å²) in [5.74, 6) is -5.05. The van der Waals surface area contributed by atoms with Gasteiger partial charge in [-0.1, -0.05) is 11.6 Å². The summed E-state index contributed by atoms with van der Waals surface area (Å²) in [6.45, 7) is -1.65. The van der Waals surface area contributed by atoms with Crippen LogP contribution < -0.4 is 14.6 Å². The van der Waals surface area contributed by atoms with Gasteiger partial charge in [0.1, 0.15) is 23.1 Å². The Hall–Kier alpha value is -4.94. The van der Waals surface area contributed by atoms with Gasteiger partial charge in [0.25, 0.3) is 0 Å². The minimum atomic E-state index is -4.70. The zero-order valence-corrected chi connectivity index (χ0v) is 25.6. The molecule has 0 aliphatic carbocycles. The van der Waals surface area contributed by atoms with E-state index in [1.165, 1.54) is 0 Å². The van der Waals surface area contributed by atoms with Crippen LogP contribution >= 0.6 is 11.6 Å². The Morgan fingerprint density at radius 3 is 1.57 bits per heavy atom. The van der Waals surface area contributed by atoms with Crippen molar-refractivity contribution in [2.45, 2.75) is 17.2 Å². The Labute approximate surface area is 276 Å². The van der Waals surface area contributed by atoms with E-state index in [-0.39, 0.29) is 32.5 Å². The molecule has 4 aromatic rings. The molecular formula is C30H20ClF8NO8S. The first-order valence-corrected chi connectivity index (χ1v) is 14.9. The fraction of sp³-hybridized carbons (Fsp3) is 0.133. The molecule has 0 fully saturated rings. The quantitative estimate of drug-likeness (QED) is 0.152. The van der Waals surface area contributed by atoms with Gasteiger partial charge in [0.2, 0.25) is 10.0 Å². The van der Waals surface area contributed by atoms with Crippen molar-refractivity contribution < 1.29 is 72.8 Å². The van der Waals surface area contributed by atoms with Gasteiger partial charge in [0.15, 0.2) is 13.2 Å². The highest BCUT2D eigenvalue weighted by molar-refractivity contribution is 7.89. The second kappa shape index (κ2) is 15.1. The first kappa shape index (κ1) is 38.5. The lowest BCUT2D eigenvalue weighted by Gasteiger charge is -2.15. The first-order chi connectivity index (χ1) is 22.6. The minimum Gasteiger partial charge on any atom is -0.481 e. The number of nitrogens with two attached hydrogens (primary N) is 1. The van der Waals surface area contributed by atoms with Crippen molar-refractivity contribution >= 4 is 33.6 Å². The van der Waals surface area contributed by atoms with Crippen molar-refractivity contribution in [3.8, 4) is 33.8 Å². The van der Waals surface area contributed by atoms with Gasteiger partial charge in [-0.25, -0.2) is 31.9 Å². The molecule has 0 radical (unpaired) electrons. The average Bonchev–Trinajstić information content (AvgIpc) is 2.99. The SMILES string of the molecule is NS(=O)(=O)c1ccc(Cl)c(-c2cc(C(F)(F)F)ccc2OCC(=O)O)c1.O=C(O)COc1ccc(C(F)(F)F)cc1-c1cc(F)ccc1F. The molecule has 0 spiro atoms. The maximum atomic E-state index is 13.8. The third-order valence-electron chi connectivity index (χ3n) is 6.09. The number of rotatable bonds is 9. The Bertz CT molecular complexity index is 1990. The highest BCUT2D eigenvalue weighted by atomic mass is 35.5. The molecule has 262 valence electrons. The van der Waals surface area contributed by atoms with E-state index in [0.717, 1.165) is 42.5 Å². The molecular weight excluding hydrogens is 722 g/mol. The normalized spacial score (nSPS) is 11.7. The predicted octanol–water partition coefficient (Wildman–Crippen LogP) is 7.25. The standard InChI is InChI=1S/C15H11ClF3NO5S.C15H9F5O3/c16-12-3-2-9(26(20,23)24)6-10(12)11-5-8(15(17,18)19)1-4-13(11)25-7-14(21)22;16-9-2-3-12(17)10(6-9)11-5-8(15(18,19)20)1-4-13(11)23-7-14(21)22/h1-6H,7H2,(H,21,22)(H2,20,23,24);1-6H,7H2,(H,21,22). The van der Waals surface area contributed by atoms with Crippen LogP contribution in [0.15, 0.2) is 77.7 Å². The number of primary sulfonamides is 1. The number of alkyl halides is 6. The van der Waals surface area contributed by atoms with Gasteiger partial charge in [0.05, 0.1) is 16.0 Å². The molecule has 0 atom stereocenters. The van der Waals surface area contributed by atoms with Crippen molar-refractivity contribution in [2.75, 3.05) is 13.2 Å². The van der Waals surface area contributed by atoms with E-state index in [1.54, 1.807) is 0 Å². The fourth-order valence-electron chi connectivity index (χ4n) is 3.96. The first-order valence-electron chi connectivity index (χ1n) is 13.0. The number of carboxylic acid groups (broad SMARTS) is 2. The monoisotopic (exact) mass is 741 g/mol. The molecule has 19 heteroatoms. The minimum absolute atomic E-state index is 0.0723. The number of hydrogen-bond donors (Lipinski definition) is 3.